The molecule has 2 rings (SSSR count). The second-order valence-corrected chi connectivity index (χ2v) is 7.10. The van der Waals surface area contributed by atoms with E-state index in [1.807, 2.05) is 16.7 Å². The third-order valence-corrected chi connectivity index (χ3v) is 5.42. The van der Waals surface area contributed by atoms with Crippen molar-refractivity contribution in [3.63, 3.8) is 0 Å². The normalized spacial score (nSPS) is 24.5. The number of thioether (sulfide) groups is 1. The van der Waals surface area contributed by atoms with E-state index in [1.54, 1.807) is 24.3 Å². The maximum Gasteiger partial charge on any atom is 0.225 e. The molecule has 0 saturated carbocycles. The average Bonchev–Trinajstić information content (AvgIpc) is 2.42. The van der Waals surface area contributed by atoms with Gasteiger partial charge in [-0.25, -0.2) is 0 Å². The van der Waals surface area contributed by atoms with Gasteiger partial charge in [-0.15, -0.1) is 0 Å². The number of carbonyl (C=O) groups is 1. The highest BCUT2D eigenvalue weighted by molar-refractivity contribution is 8.00. The molecule has 1 aliphatic rings. The summed E-state index contributed by atoms with van der Waals surface area (Å²) in [5, 5.41) is 11.2. The first-order valence-electron chi connectivity index (χ1n) is 6.83. The van der Waals surface area contributed by atoms with Gasteiger partial charge in [-0.05, 0) is 24.6 Å². The molecule has 1 aromatic carbocycles. The standard InChI is InChI=1S/C15H20ClNO2S/c1-10-11(2)20-8-7-17(10)15(19)9-14(18)12-3-5-13(16)6-4-12/h3-6,10-11,14,18H,7-9H2,1-2H3. The summed E-state index contributed by atoms with van der Waals surface area (Å²) in [7, 11) is 0. The smallest absolute Gasteiger partial charge is 0.225 e. The van der Waals surface area contributed by atoms with Crippen LogP contribution in [0.15, 0.2) is 24.3 Å². The number of aliphatic hydroxyl groups excluding tert-OH is 1. The maximum atomic E-state index is 12.3. The Labute approximate surface area is 129 Å². The van der Waals surface area contributed by atoms with Gasteiger partial charge in [0.1, 0.15) is 0 Å². The minimum absolute atomic E-state index is 0.0205. The molecule has 3 nitrogen and oxygen atoms in total. The molecule has 1 amide bonds. The Bertz CT molecular complexity index is 465. The highest BCUT2D eigenvalue weighted by Gasteiger charge is 2.29. The van der Waals surface area contributed by atoms with E-state index in [4.69, 9.17) is 11.6 Å². The fourth-order valence-corrected chi connectivity index (χ4v) is 3.60. The van der Waals surface area contributed by atoms with Crippen LogP contribution in [0.2, 0.25) is 5.02 Å². The molecule has 1 N–H and O–H groups in total. The molecule has 3 unspecified atom stereocenters. The number of amides is 1. The number of hydrogen-bond acceptors (Lipinski definition) is 3. The van der Waals surface area contributed by atoms with E-state index in [2.05, 4.69) is 13.8 Å². The van der Waals surface area contributed by atoms with Crippen LogP contribution in [0.4, 0.5) is 0 Å². The first kappa shape index (κ1) is 15.7. The van der Waals surface area contributed by atoms with Gasteiger partial charge in [-0.2, -0.15) is 11.8 Å². The summed E-state index contributed by atoms with van der Waals surface area (Å²) in [6, 6.07) is 7.20. The summed E-state index contributed by atoms with van der Waals surface area (Å²) in [5.74, 6) is 0.987. The number of benzene rings is 1. The molecule has 0 aliphatic carbocycles. The molecule has 110 valence electrons. The van der Waals surface area contributed by atoms with Crippen LogP contribution in [0, 0.1) is 0 Å². The molecule has 0 radical (unpaired) electrons. The molecule has 0 aromatic heterocycles. The quantitative estimate of drug-likeness (QED) is 0.932. The van der Waals surface area contributed by atoms with E-state index in [0.717, 1.165) is 17.9 Å². The van der Waals surface area contributed by atoms with E-state index >= 15 is 0 Å². The molecule has 20 heavy (non-hydrogen) atoms. The fraction of sp³-hybridized carbons (Fsp3) is 0.533. The predicted octanol–water partition coefficient (Wildman–Crippen LogP) is 3.12. The third-order valence-electron chi connectivity index (χ3n) is 3.83. The number of hydrogen-bond donors (Lipinski definition) is 1. The maximum absolute atomic E-state index is 12.3. The Morgan fingerprint density at radius 1 is 1.45 bits per heavy atom. The summed E-state index contributed by atoms with van der Waals surface area (Å²) >= 11 is 7.71. The van der Waals surface area contributed by atoms with Crippen molar-refractivity contribution in [2.24, 2.45) is 0 Å². The first-order valence-corrected chi connectivity index (χ1v) is 8.26. The Morgan fingerprint density at radius 2 is 2.10 bits per heavy atom. The van der Waals surface area contributed by atoms with Gasteiger partial charge in [0.15, 0.2) is 0 Å². The zero-order valence-corrected chi connectivity index (χ0v) is 13.3. The van der Waals surface area contributed by atoms with Gasteiger partial charge in [-0.1, -0.05) is 30.7 Å². The average molecular weight is 314 g/mol. The lowest BCUT2D eigenvalue weighted by Crippen LogP contribution is -2.48. The van der Waals surface area contributed by atoms with Crippen molar-refractivity contribution >= 4 is 29.3 Å². The number of rotatable bonds is 3. The summed E-state index contributed by atoms with van der Waals surface area (Å²) in [4.78, 5) is 14.2. The SMILES string of the molecule is CC1SCCN(C(=O)CC(O)c2ccc(Cl)cc2)C1C. The molecule has 0 spiro atoms. The molecular formula is C15H20ClNO2S. The van der Waals surface area contributed by atoms with Crippen LogP contribution in [0.5, 0.6) is 0 Å². The zero-order chi connectivity index (χ0) is 14.7. The second kappa shape index (κ2) is 6.83. The van der Waals surface area contributed by atoms with Crippen LogP contribution < -0.4 is 0 Å². The number of nitrogens with zero attached hydrogens (tertiary/aromatic N) is 1. The van der Waals surface area contributed by atoms with Crippen LogP contribution in [0.1, 0.15) is 31.9 Å². The van der Waals surface area contributed by atoms with E-state index in [1.165, 1.54) is 0 Å². The second-order valence-electron chi connectivity index (χ2n) is 5.18. The Kier molecular flexibility index (Phi) is 5.35. The van der Waals surface area contributed by atoms with Crippen molar-refractivity contribution in [3.05, 3.63) is 34.9 Å². The molecule has 3 atom stereocenters. The molecule has 1 fully saturated rings. The lowest BCUT2D eigenvalue weighted by Gasteiger charge is -2.38. The molecule has 1 heterocycles. The summed E-state index contributed by atoms with van der Waals surface area (Å²) in [6.07, 6.45) is -0.638. The topological polar surface area (TPSA) is 40.5 Å². The highest BCUT2D eigenvalue weighted by atomic mass is 35.5. The van der Waals surface area contributed by atoms with E-state index in [-0.39, 0.29) is 18.4 Å². The van der Waals surface area contributed by atoms with Crippen molar-refractivity contribution < 1.29 is 9.90 Å². The monoisotopic (exact) mass is 313 g/mol. The molecule has 0 bridgehead atoms. The molecular weight excluding hydrogens is 294 g/mol. The summed E-state index contributed by atoms with van der Waals surface area (Å²) in [6.45, 7) is 4.98. The van der Waals surface area contributed by atoms with Crippen LogP contribution in [0.25, 0.3) is 0 Å². The first-order chi connectivity index (χ1) is 9.49. The lowest BCUT2D eigenvalue weighted by atomic mass is 10.1. The van der Waals surface area contributed by atoms with E-state index < -0.39 is 6.10 Å². The molecule has 5 heteroatoms. The number of halogens is 1. The van der Waals surface area contributed by atoms with Crippen molar-refractivity contribution in [1.29, 1.82) is 0 Å². The molecule has 1 saturated heterocycles. The highest BCUT2D eigenvalue weighted by Crippen LogP contribution is 2.26. The van der Waals surface area contributed by atoms with E-state index in [0.29, 0.717) is 10.3 Å². The third kappa shape index (κ3) is 3.68. The number of carbonyl (C=O) groups excluding carboxylic acids is 1. The summed E-state index contributed by atoms with van der Waals surface area (Å²) < 4.78 is 0. The van der Waals surface area contributed by atoms with Gasteiger partial charge >= 0.3 is 0 Å². The van der Waals surface area contributed by atoms with Gasteiger partial charge in [0.25, 0.3) is 0 Å². The van der Waals surface area contributed by atoms with Crippen molar-refractivity contribution in [3.8, 4) is 0 Å². The van der Waals surface area contributed by atoms with Crippen LogP contribution in [0.3, 0.4) is 0 Å². The van der Waals surface area contributed by atoms with Crippen LogP contribution in [-0.2, 0) is 4.79 Å². The Morgan fingerprint density at radius 3 is 2.75 bits per heavy atom. The molecule has 1 aromatic rings. The predicted molar refractivity (Wildman–Crippen MR) is 84.1 cm³/mol. The van der Waals surface area contributed by atoms with Gasteiger partial charge in [0.2, 0.25) is 5.91 Å². The van der Waals surface area contributed by atoms with Gasteiger partial charge in [0, 0.05) is 28.6 Å². The van der Waals surface area contributed by atoms with Gasteiger partial charge in [-0.3, -0.25) is 4.79 Å². The van der Waals surface area contributed by atoms with Crippen LogP contribution in [-0.4, -0.2) is 39.5 Å². The largest absolute Gasteiger partial charge is 0.388 e. The van der Waals surface area contributed by atoms with Crippen LogP contribution >= 0.6 is 23.4 Å². The zero-order valence-electron chi connectivity index (χ0n) is 11.8. The number of aliphatic hydroxyl groups is 1. The van der Waals surface area contributed by atoms with Crippen molar-refractivity contribution in [2.45, 2.75) is 37.7 Å². The lowest BCUT2D eigenvalue weighted by molar-refractivity contribution is -0.135. The fourth-order valence-electron chi connectivity index (χ4n) is 2.37. The summed E-state index contributed by atoms with van der Waals surface area (Å²) in [5.41, 5.74) is 0.731. The van der Waals surface area contributed by atoms with E-state index in [9.17, 15) is 9.90 Å². The van der Waals surface area contributed by atoms with Gasteiger partial charge < -0.3 is 10.0 Å². The Hall–Kier alpha value is -0.710. The van der Waals surface area contributed by atoms with Crippen molar-refractivity contribution in [1.82, 2.24) is 4.90 Å². The molecule has 1 aliphatic heterocycles. The van der Waals surface area contributed by atoms with Gasteiger partial charge in [0.05, 0.1) is 12.5 Å². The minimum atomic E-state index is -0.767. The minimum Gasteiger partial charge on any atom is -0.388 e. The van der Waals surface area contributed by atoms with Crippen molar-refractivity contribution in [2.75, 3.05) is 12.3 Å². The Balaban J connectivity index is 1.98.